The van der Waals surface area contributed by atoms with Crippen LogP contribution in [-0.4, -0.2) is 53.9 Å². The molecule has 1 amide bonds. The minimum Gasteiger partial charge on any atom is -0.497 e. The molecular formula is C30H29F3N4O2. The van der Waals surface area contributed by atoms with Gasteiger partial charge in [0, 0.05) is 37.4 Å². The van der Waals surface area contributed by atoms with Gasteiger partial charge in [-0.05, 0) is 74.0 Å². The minimum atomic E-state index is -4.40. The molecule has 6 nitrogen and oxygen atoms in total. The van der Waals surface area contributed by atoms with Crippen molar-refractivity contribution >= 4 is 11.6 Å². The Morgan fingerprint density at radius 3 is 2.26 bits per heavy atom. The number of aromatic nitrogens is 2. The van der Waals surface area contributed by atoms with Crippen LogP contribution in [0.15, 0.2) is 72.8 Å². The first-order chi connectivity index (χ1) is 18.6. The molecule has 0 radical (unpaired) electrons. The second kappa shape index (κ2) is 10.5. The minimum absolute atomic E-state index is 0.175. The molecule has 0 unspecified atom stereocenters. The van der Waals surface area contributed by atoms with Gasteiger partial charge in [-0.1, -0.05) is 23.8 Å². The Balaban J connectivity index is 1.42. The van der Waals surface area contributed by atoms with Crippen molar-refractivity contribution in [3.05, 3.63) is 95.2 Å². The van der Waals surface area contributed by atoms with E-state index in [4.69, 9.17) is 9.84 Å². The fraction of sp³-hybridized carbons (Fsp3) is 0.267. The Hall–Kier alpha value is -4.27. The standard InChI is InChI=1S/C30H29F3N4O2/c1-20-7-12-27(21(2)17-20)37-28(19-26(34-37)22-8-10-25(39-3)11-9-22)29(38)36-15-13-35(14-16-36)24-6-4-5-23(18-24)30(31,32)33/h4-12,17-19H,13-16H2,1-3H3. The number of carbonyl (C=O) groups excluding carboxylic acids is 1. The topological polar surface area (TPSA) is 50.6 Å². The van der Waals surface area contributed by atoms with Crippen molar-refractivity contribution in [2.45, 2.75) is 20.0 Å². The van der Waals surface area contributed by atoms with Crippen molar-refractivity contribution in [2.24, 2.45) is 0 Å². The third kappa shape index (κ3) is 5.48. The van der Waals surface area contributed by atoms with Crippen molar-refractivity contribution < 1.29 is 22.7 Å². The van der Waals surface area contributed by atoms with Crippen molar-refractivity contribution in [1.82, 2.24) is 14.7 Å². The Kier molecular flexibility index (Phi) is 7.08. The normalized spacial score (nSPS) is 14.0. The summed E-state index contributed by atoms with van der Waals surface area (Å²) in [6, 6.07) is 20.6. The summed E-state index contributed by atoms with van der Waals surface area (Å²) in [7, 11) is 1.60. The SMILES string of the molecule is COc1ccc(-c2cc(C(=O)N3CCN(c4cccc(C(F)(F)F)c4)CC3)n(-c3ccc(C)cc3C)n2)cc1. The zero-order chi connectivity index (χ0) is 27.7. The number of hydrogen-bond acceptors (Lipinski definition) is 4. The first-order valence-electron chi connectivity index (χ1n) is 12.7. The fourth-order valence-electron chi connectivity index (χ4n) is 4.87. The molecule has 202 valence electrons. The first kappa shape index (κ1) is 26.3. The van der Waals surface area contributed by atoms with Crippen molar-refractivity contribution in [1.29, 1.82) is 0 Å². The molecule has 0 saturated carbocycles. The molecule has 1 aliphatic heterocycles. The Labute approximate surface area is 225 Å². The number of carbonyl (C=O) groups is 1. The van der Waals surface area contributed by atoms with Crippen LogP contribution in [0.4, 0.5) is 18.9 Å². The van der Waals surface area contributed by atoms with Crippen LogP contribution in [0, 0.1) is 13.8 Å². The number of ether oxygens (including phenoxy) is 1. The average molecular weight is 535 g/mol. The monoisotopic (exact) mass is 534 g/mol. The predicted molar refractivity (Wildman–Crippen MR) is 145 cm³/mol. The summed E-state index contributed by atoms with van der Waals surface area (Å²) in [6.45, 7) is 5.61. The van der Waals surface area contributed by atoms with Crippen LogP contribution < -0.4 is 9.64 Å². The van der Waals surface area contributed by atoms with E-state index < -0.39 is 11.7 Å². The third-order valence-electron chi connectivity index (χ3n) is 7.00. The number of halogens is 3. The number of rotatable bonds is 5. The lowest BCUT2D eigenvalue weighted by Crippen LogP contribution is -2.49. The van der Waals surface area contributed by atoms with Gasteiger partial charge in [-0.2, -0.15) is 18.3 Å². The van der Waals surface area contributed by atoms with E-state index in [9.17, 15) is 18.0 Å². The second-order valence-corrected chi connectivity index (χ2v) is 9.67. The zero-order valence-electron chi connectivity index (χ0n) is 22.0. The van der Waals surface area contributed by atoms with E-state index in [1.54, 1.807) is 28.8 Å². The van der Waals surface area contributed by atoms with Crippen LogP contribution >= 0.6 is 0 Å². The highest BCUT2D eigenvalue weighted by molar-refractivity contribution is 5.94. The van der Waals surface area contributed by atoms with Gasteiger partial charge in [-0.3, -0.25) is 4.79 Å². The number of alkyl halides is 3. The van der Waals surface area contributed by atoms with E-state index >= 15 is 0 Å². The lowest BCUT2D eigenvalue weighted by molar-refractivity contribution is -0.137. The highest BCUT2D eigenvalue weighted by Gasteiger charge is 2.32. The molecule has 4 aromatic rings. The van der Waals surface area contributed by atoms with E-state index in [0.717, 1.165) is 40.3 Å². The van der Waals surface area contributed by atoms with Crippen LogP contribution in [-0.2, 0) is 6.18 Å². The summed E-state index contributed by atoms with van der Waals surface area (Å²) < 4.78 is 46.5. The lowest BCUT2D eigenvalue weighted by Gasteiger charge is -2.36. The zero-order valence-corrected chi connectivity index (χ0v) is 22.0. The predicted octanol–water partition coefficient (Wildman–Crippen LogP) is 6.15. The van der Waals surface area contributed by atoms with Crippen molar-refractivity contribution in [3.63, 3.8) is 0 Å². The van der Waals surface area contributed by atoms with Gasteiger partial charge in [-0.15, -0.1) is 0 Å². The summed E-state index contributed by atoms with van der Waals surface area (Å²) >= 11 is 0. The van der Waals surface area contributed by atoms with E-state index in [0.29, 0.717) is 43.3 Å². The lowest BCUT2D eigenvalue weighted by atomic mass is 10.1. The van der Waals surface area contributed by atoms with Gasteiger partial charge in [0.2, 0.25) is 0 Å². The van der Waals surface area contributed by atoms with Crippen LogP contribution in [0.3, 0.4) is 0 Å². The summed E-state index contributed by atoms with van der Waals surface area (Å²) in [5.74, 6) is 0.549. The van der Waals surface area contributed by atoms with Crippen LogP contribution in [0.5, 0.6) is 5.75 Å². The van der Waals surface area contributed by atoms with Gasteiger partial charge in [0.15, 0.2) is 0 Å². The molecule has 1 saturated heterocycles. The van der Waals surface area contributed by atoms with Gasteiger partial charge in [0.05, 0.1) is 24.1 Å². The first-order valence-corrected chi connectivity index (χ1v) is 12.7. The van der Waals surface area contributed by atoms with Crippen LogP contribution in [0.1, 0.15) is 27.2 Å². The molecular weight excluding hydrogens is 505 g/mol. The number of anilines is 1. The largest absolute Gasteiger partial charge is 0.497 e. The molecule has 0 N–H and O–H groups in total. The van der Waals surface area contributed by atoms with E-state index in [-0.39, 0.29) is 5.91 Å². The molecule has 2 heterocycles. The molecule has 9 heteroatoms. The fourth-order valence-corrected chi connectivity index (χ4v) is 4.87. The maximum absolute atomic E-state index is 13.8. The number of benzene rings is 3. The number of amides is 1. The summed E-state index contributed by atoms with van der Waals surface area (Å²) in [4.78, 5) is 17.4. The van der Waals surface area contributed by atoms with E-state index in [1.165, 1.54) is 6.07 Å². The molecule has 1 fully saturated rings. The van der Waals surface area contributed by atoms with Crippen molar-refractivity contribution in [2.75, 3.05) is 38.2 Å². The molecule has 5 rings (SSSR count). The average Bonchev–Trinajstić information content (AvgIpc) is 3.37. The van der Waals surface area contributed by atoms with Gasteiger partial charge in [-0.25, -0.2) is 4.68 Å². The van der Waals surface area contributed by atoms with Gasteiger partial charge >= 0.3 is 6.18 Å². The molecule has 0 spiro atoms. The molecule has 0 atom stereocenters. The third-order valence-corrected chi connectivity index (χ3v) is 7.00. The molecule has 0 bridgehead atoms. The maximum Gasteiger partial charge on any atom is 0.416 e. The number of aryl methyl sites for hydroxylation is 2. The molecule has 1 aromatic heterocycles. The number of piperazine rings is 1. The molecule has 1 aliphatic rings. The molecule has 3 aromatic carbocycles. The Bertz CT molecular complexity index is 1490. The van der Waals surface area contributed by atoms with Crippen LogP contribution in [0.25, 0.3) is 16.9 Å². The van der Waals surface area contributed by atoms with E-state index in [1.807, 2.05) is 61.2 Å². The summed E-state index contributed by atoms with van der Waals surface area (Å²) in [6.07, 6.45) is -4.40. The summed E-state index contributed by atoms with van der Waals surface area (Å²) in [5.41, 5.74) is 4.67. The van der Waals surface area contributed by atoms with Gasteiger partial charge in [0.25, 0.3) is 5.91 Å². The van der Waals surface area contributed by atoms with E-state index in [2.05, 4.69) is 0 Å². The molecule has 39 heavy (non-hydrogen) atoms. The Morgan fingerprint density at radius 2 is 1.62 bits per heavy atom. The second-order valence-electron chi connectivity index (χ2n) is 9.67. The summed E-state index contributed by atoms with van der Waals surface area (Å²) in [5, 5.41) is 4.82. The quantitative estimate of drug-likeness (QED) is 0.308. The number of methoxy groups -OCH3 is 1. The Morgan fingerprint density at radius 1 is 0.897 bits per heavy atom. The van der Waals surface area contributed by atoms with Gasteiger partial charge in [0.1, 0.15) is 11.4 Å². The van der Waals surface area contributed by atoms with Gasteiger partial charge < -0.3 is 14.5 Å². The van der Waals surface area contributed by atoms with Crippen LogP contribution in [0.2, 0.25) is 0 Å². The smallest absolute Gasteiger partial charge is 0.416 e. The number of hydrogen-bond donors (Lipinski definition) is 0. The highest BCUT2D eigenvalue weighted by atomic mass is 19.4. The number of nitrogens with zero attached hydrogens (tertiary/aromatic N) is 4. The molecule has 0 aliphatic carbocycles. The van der Waals surface area contributed by atoms with Crippen molar-refractivity contribution in [3.8, 4) is 22.7 Å². The maximum atomic E-state index is 13.8. The highest BCUT2D eigenvalue weighted by Crippen LogP contribution is 2.32.